The van der Waals surface area contributed by atoms with Crippen LogP contribution in [0.25, 0.3) is 11.1 Å². The predicted molar refractivity (Wildman–Crippen MR) is 119 cm³/mol. The number of amides is 1. The quantitative estimate of drug-likeness (QED) is 0.376. The number of nitrogens with zero attached hydrogens (tertiary/aromatic N) is 1. The number of rotatable bonds is 6. The normalized spacial score (nSPS) is 10.8. The standard InChI is InChI=1S/C24H16F3N3O5/c1-35-20-10-19(31)16(9-14(20)13-4-2-3-5-17(13)24(25,26)27)21(29)22(32)30-18-7-6-12(11-28)8-15(18)23(33)34/h2-10,29,31H,1H3,(H,30,32)(H,33,34). The monoisotopic (exact) mass is 483 g/mol. The van der Waals surface area contributed by atoms with Crippen molar-refractivity contribution in [2.24, 2.45) is 0 Å². The van der Waals surface area contributed by atoms with Crippen LogP contribution in [-0.2, 0) is 11.0 Å². The van der Waals surface area contributed by atoms with Crippen LogP contribution in [0.4, 0.5) is 18.9 Å². The van der Waals surface area contributed by atoms with Crippen molar-refractivity contribution < 1.29 is 37.7 Å². The Labute approximate surface area is 196 Å². The number of carboxylic acids is 1. The third kappa shape index (κ3) is 5.06. The fourth-order valence-corrected chi connectivity index (χ4v) is 3.32. The average molecular weight is 483 g/mol. The maximum atomic E-state index is 13.6. The van der Waals surface area contributed by atoms with Crippen LogP contribution in [-0.4, -0.2) is 34.9 Å². The number of methoxy groups -OCH3 is 1. The minimum Gasteiger partial charge on any atom is -0.507 e. The summed E-state index contributed by atoms with van der Waals surface area (Å²) in [6.45, 7) is 0. The van der Waals surface area contributed by atoms with Gasteiger partial charge in [0.25, 0.3) is 5.91 Å². The zero-order chi connectivity index (χ0) is 25.9. The second-order valence-electron chi connectivity index (χ2n) is 7.12. The molecule has 0 aliphatic carbocycles. The molecule has 0 saturated heterocycles. The second kappa shape index (κ2) is 9.56. The maximum Gasteiger partial charge on any atom is 0.417 e. The van der Waals surface area contributed by atoms with Crippen LogP contribution in [0, 0.1) is 16.7 Å². The van der Waals surface area contributed by atoms with Crippen LogP contribution < -0.4 is 10.1 Å². The van der Waals surface area contributed by atoms with Crippen molar-refractivity contribution >= 4 is 23.3 Å². The SMILES string of the molecule is COc1cc(O)c(C(=N)C(=O)Nc2ccc(C#N)cc2C(=O)O)cc1-c1ccccc1C(F)(F)F. The summed E-state index contributed by atoms with van der Waals surface area (Å²) in [7, 11) is 1.19. The van der Waals surface area contributed by atoms with E-state index in [1.54, 1.807) is 6.07 Å². The van der Waals surface area contributed by atoms with Crippen molar-refractivity contribution in [3.63, 3.8) is 0 Å². The average Bonchev–Trinajstić information content (AvgIpc) is 2.82. The van der Waals surface area contributed by atoms with Crippen LogP contribution in [0.2, 0.25) is 0 Å². The van der Waals surface area contributed by atoms with Crippen molar-refractivity contribution in [2.45, 2.75) is 6.18 Å². The number of phenols is 1. The fraction of sp³-hybridized carbons (Fsp3) is 0.0833. The molecule has 35 heavy (non-hydrogen) atoms. The van der Waals surface area contributed by atoms with Gasteiger partial charge >= 0.3 is 12.1 Å². The Hall–Kier alpha value is -4.85. The van der Waals surface area contributed by atoms with E-state index in [0.717, 1.165) is 30.3 Å². The number of phenolic OH excluding ortho intramolecular Hbond substituents is 1. The highest BCUT2D eigenvalue weighted by molar-refractivity contribution is 6.48. The van der Waals surface area contributed by atoms with E-state index in [2.05, 4.69) is 5.32 Å². The number of anilines is 1. The first-order valence-corrected chi connectivity index (χ1v) is 9.73. The molecule has 11 heteroatoms. The number of carbonyl (C=O) groups is 2. The minimum absolute atomic E-state index is 0.0243. The highest BCUT2D eigenvalue weighted by Gasteiger charge is 2.34. The molecule has 0 fully saturated rings. The molecule has 0 aliphatic rings. The summed E-state index contributed by atoms with van der Waals surface area (Å²) in [6.07, 6.45) is -4.71. The van der Waals surface area contributed by atoms with Crippen LogP contribution in [0.5, 0.6) is 11.5 Å². The molecule has 8 nitrogen and oxygen atoms in total. The number of nitrogens with one attached hydrogen (secondary N) is 2. The van der Waals surface area contributed by atoms with Crippen molar-refractivity contribution in [2.75, 3.05) is 12.4 Å². The first kappa shape index (κ1) is 24.8. The van der Waals surface area contributed by atoms with E-state index in [9.17, 15) is 33.0 Å². The lowest BCUT2D eigenvalue weighted by Crippen LogP contribution is -2.24. The Bertz CT molecular complexity index is 1390. The molecule has 0 saturated carbocycles. The van der Waals surface area contributed by atoms with Gasteiger partial charge in [0.05, 0.1) is 35.6 Å². The number of aromatic carboxylic acids is 1. The molecule has 0 heterocycles. The van der Waals surface area contributed by atoms with Crippen LogP contribution >= 0.6 is 0 Å². The molecule has 0 atom stereocenters. The first-order chi connectivity index (χ1) is 16.5. The molecule has 0 radical (unpaired) electrons. The van der Waals surface area contributed by atoms with E-state index >= 15 is 0 Å². The Morgan fingerprint density at radius 1 is 1.06 bits per heavy atom. The van der Waals surface area contributed by atoms with Gasteiger partial charge in [-0.25, -0.2) is 4.79 Å². The molecule has 3 rings (SSSR count). The molecule has 0 aliphatic heterocycles. The van der Waals surface area contributed by atoms with E-state index in [1.807, 2.05) is 0 Å². The molecule has 0 spiro atoms. The van der Waals surface area contributed by atoms with Gasteiger partial charge in [-0.1, -0.05) is 18.2 Å². The molecule has 3 aromatic carbocycles. The summed E-state index contributed by atoms with van der Waals surface area (Å²) in [5, 5.41) is 39.1. The van der Waals surface area contributed by atoms with Crippen molar-refractivity contribution in [1.82, 2.24) is 0 Å². The van der Waals surface area contributed by atoms with Gasteiger partial charge in [-0.05, 0) is 35.9 Å². The van der Waals surface area contributed by atoms with Crippen molar-refractivity contribution in [3.8, 4) is 28.7 Å². The van der Waals surface area contributed by atoms with E-state index in [4.69, 9.17) is 15.4 Å². The molecular formula is C24H16F3N3O5. The second-order valence-corrected chi connectivity index (χ2v) is 7.12. The molecule has 0 aromatic heterocycles. The number of hydrogen-bond donors (Lipinski definition) is 4. The Kier molecular flexibility index (Phi) is 6.77. The van der Waals surface area contributed by atoms with Gasteiger partial charge in [-0.3, -0.25) is 10.2 Å². The molecule has 1 amide bonds. The topological polar surface area (TPSA) is 143 Å². The van der Waals surface area contributed by atoms with Gasteiger partial charge in [0.15, 0.2) is 0 Å². The lowest BCUT2D eigenvalue weighted by Gasteiger charge is -2.17. The lowest BCUT2D eigenvalue weighted by molar-refractivity contribution is -0.137. The van der Waals surface area contributed by atoms with Crippen LogP contribution in [0.15, 0.2) is 54.6 Å². The van der Waals surface area contributed by atoms with E-state index in [-0.39, 0.29) is 28.1 Å². The number of benzene rings is 3. The van der Waals surface area contributed by atoms with Gasteiger partial charge in [0.1, 0.15) is 17.2 Å². The van der Waals surface area contributed by atoms with Crippen LogP contribution in [0.3, 0.4) is 0 Å². The van der Waals surface area contributed by atoms with Crippen molar-refractivity contribution in [1.29, 1.82) is 10.7 Å². The van der Waals surface area contributed by atoms with Gasteiger partial charge in [-0.15, -0.1) is 0 Å². The Morgan fingerprint density at radius 3 is 2.34 bits per heavy atom. The smallest absolute Gasteiger partial charge is 0.417 e. The van der Waals surface area contributed by atoms with Gasteiger partial charge in [0, 0.05) is 17.2 Å². The third-order valence-electron chi connectivity index (χ3n) is 4.96. The van der Waals surface area contributed by atoms with Crippen molar-refractivity contribution in [3.05, 3.63) is 76.9 Å². The summed E-state index contributed by atoms with van der Waals surface area (Å²) < 4.78 is 45.8. The maximum absolute atomic E-state index is 13.6. The largest absolute Gasteiger partial charge is 0.507 e. The number of nitriles is 1. The molecule has 3 aromatic rings. The number of carboxylic acid groups (broad SMARTS) is 1. The minimum atomic E-state index is -4.71. The molecule has 4 N–H and O–H groups in total. The summed E-state index contributed by atoms with van der Waals surface area (Å²) >= 11 is 0. The molecule has 0 bridgehead atoms. The zero-order valence-corrected chi connectivity index (χ0v) is 17.9. The number of alkyl halides is 3. The molecule has 178 valence electrons. The Morgan fingerprint density at radius 2 is 1.74 bits per heavy atom. The fourth-order valence-electron chi connectivity index (χ4n) is 3.32. The lowest BCUT2D eigenvalue weighted by atomic mass is 9.94. The number of hydrogen-bond acceptors (Lipinski definition) is 6. The number of ether oxygens (including phenoxy) is 1. The van der Waals surface area contributed by atoms with Gasteiger partial charge in [0.2, 0.25) is 0 Å². The first-order valence-electron chi connectivity index (χ1n) is 9.73. The summed E-state index contributed by atoms with van der Waals surface area (Å²) in [5.74, 6) is -3.33. The molecular weight excluding hydrogens is 467 g/mol. The van der Waals surface area contributed by atoms with E-state index in [1.165, 1.54) is 31.4 Å². The number of halogens is 3. The highest BCUT2D eigenvalue weighted by atomic mass is 19.4. The molecule has 0 unspecified atom stereocenters. The zero-order valence-electron chi connectivity index (χ0n) is 17.9. The summed E-state index contributed by atoms with van der Waals surface area (Å²) in [4.78, 5) is 24.2. The summed E-state index contributed by atoms with van der Waals surface area (Å²) in [5.41, 5.74) is -3.30. The van der Waals surface area contributed by atoms with E-state index in [0.29, 0.717) is 0 Å². The van der Waals surface area contributed by atoms with Crippen LogP contribution in [0.1, 0.15) is 27.0 Å². The number of aromatic hydroxyl groups is 1. The summed E-state index contributed by atoms with van der Waals surface area (Å²) in [6, 6.07) is 11.8. The Balaban J connectivity index is 2.06. The number of carbonyl (C=O) groups excluding carboxylic acids is 1. The van der Waals surface area contributed by atoms with E-state index < -0.39 is 46.2 Å². The highest BCUT2D eigenvalue weighted by Crippen LogP contribution is 2.42. The van der Waals surface area contributed by atoms with Gasteiger partial charge in [-0.2, -0.15) is 18.4 Å². The predicted octanol–water partition coefficient (Wildman–Crippen LogP) is 4.66. The third-order valence-corrected chi connectivity index (χ3v) is 4.96. The van der Waals surface area contributed by atoms with Gasteiger partial charge < -0.3 is 20.3 Å².